The molecule has 0 fully saturated rings. The van der Waals surface area contributed by atoms with Crippen molar-refractivity contribution in [2.75, 3.05) is 0 Å². The third kappa shape index (κ3) is 5.04. The van der Waals surface area contributed by atoms with E-state index in [0.29, 0.717) is 0 Å². The number of hydrogen-bond acceptors (Lipinski definition) is 3. The molecular weight excluding hydrogens is 267 g/mol. The number of amides is 1. The molecule has 15 heavy (non-hydrogen) atoms. The predicted octanol–water partition coefficient (Wildman–Crippen LogP) is -2.37. The molecule has 1 amide bonds. The largest absolute Gasteiger partial charge is 1.00 e. The SMILES string of the molecule is O=C(NS(=O)(=O)C(F)(F)F)C(F)(F)F.[H-].[Na+]. The van der Waals surface area contributed by atoms with E-state index in [1.165, 1.54) is 0 Å². The van der Waals surface area contributed by atoms with E-state index in [4.69, 9.17) is 0 Å². The molecule has 0 rings (SSSR count). The molecule has 0 bridgehead atoms. The molecule has 0 atom stereocenters. The van der Waals surface area contributed by atoms with E-state index < -0.39 is 27.6 Å². The summed E-state index contributed by atoms with van der Waals surface area (Å²) in [5, 5.41) is 0. The van der Waals surface area contributed by atoms with Crippen molar-refractivity contribution < 1.29 is 70.5 Å². The molecule has 4 nitrogen and oxygen atoms in total. The Kier molecular flexibility index (Phi) is 5.67. The van der Waals surface area contributed by atoms with Gasteiger partial charge in [-0.15, -0.1) is 0 Å². The maximum Gasteiger partial charge on any atom is 1.00 e. The van der Waals surface area contributed by atoms with Crippen LogP contribution in [0, 0.1) is 0 Å². The molecule has 0 radical (unpaired) electrons. The zero-order valence-electron chi connectivity index (χ0n) is 7.90. The van der Waals surface area contributed by atoms with Gasteiger partial charge in [0.15, 0.2) is 0 Å². The Morgan fingerprint density at radius 3 is 1.60 bits per heavy atom. The summed E-state index contributed by atoms with van der Waals surface area (Å²) in [6.07, 6.45) is -5.70. The number of carbonyl (C=O) groups excluding carboxylic acids is 1. The van der Waals surface area contributed by atoms with Crippen LogP contribution in [0.1, 0.15) is 1.43 Å². The monoisotopic (exact) mass is 269 g/mol. The van der Waals surface area contributed by atoms with Gasteiger partial charge in [-0.2, -0.15) is 34.8 Å². The van der Waals surface area contributed by atoms with Crippen LogP contribution in [0.25, 0.3) is 0 Å². The van der Waals surface area contributed by atoms with Gasteiger partial charge in [0.05, 0.1) is 0 Å². The van der Waals surface area contributed by atoms with Crippen LogP contribution in [0.5, 0.6) is 0 Å². The molecule has 0 aliphatic heterocycles. The molecule has 0 aliphatic rings. The molecule has 0 saturated heterocycles. The summed E-state index contributed by atoms with van der Waals surface area (Å²) in [5.74, 6) is -3.20. The van der Waals surface area contributed by atoms with Crippen molar-refractivity contribution in [3.8, 4) is 0 Å². The molecule has 0 aromatic heterocycles. The molecule has 0 aliphatic carbocycles. The zero-order valence-corrected chi connectivity index (χ0v) is 9.72. The van der Waals surface area contributed by atoms with Crippen LogP contribution >= 0.6 is 0 Å². The number of nitrogens with one attached hydrogen (secondary N) is 1. The van der Waals surface area contributed by atoms with Crippen molar-refractivity contribution in [1.82, 2.24) is 4.72 Å². The number of carbonyl (C=O) groups is 1. The molecule has 0 unspecified atom stereocenters. The van der Waals surface area contributed by atoms with Crippen molar-refractivity contribution in [1.29, 1.82) is 0 Å². The van der Waals surface area contributed by atoms with Crippen LogP contribution in [0.2, 0.25) is 0 Å². The third-order valence-corrected chi connectivity index (χ3v) is 1.85. The van der Waals surface area contributed by atoms with Crippen molar-refractivity contribution >= 4 is 15.9 Å². The quantitative estimate of drug-likeness (QED) is 0.427. The van der Waals surface area contributed by atoms with Crippen molar-refractivity contribution in [3.05, 3.63) is 0 Å². The first kappa shape index (κ1) is 17.4. The number of hydrogen-bond donors (Lipinski definition) is 1. The molecule has 0 saturated carbocycles. The van der Waals surface area contributed by atoms with Crippen molar-refractivity contribution in [3.63, 3.8) is 0 Å². The summed E-state index contributed by atoms with van der Waals surface area (Å²) in [6.45, 7) is 0. The average molecular weight is 269 g/mol. The van der Waals surface area contributed by atoms with E-state index in [1.807, 2.05) is 0 Å². The molecule has 0 heterocycles. The average Bonchev–Trinajstić information content (AvgIpc) is 1.80. The van der Waals surface area contributed by atoms with E-state index in [1.54, 1.807) is 0 Å². The van der Waals surface area contributed by atoms with Crippen LogP contribution in [-0.2, 0) is 14.8 Å². The van der Waals surface area contributed by atoms with Gasteiger partial charge in [-0.1, -0.05) is 0 Å². The Hall–Kier alpha value is -0.000000000000000444. The molecule has 12 heteroatoms. The van der Waals surface area contributed by atoms with Crippen LogP contribution in [0.4, 0.5) is 26.3 Å². The van der Waals surface area contributed by atoms with E-state index >= 15 is 0 Å². The van der Waals surface area contributed by atoms with Gasteiger partial charge in [-0.25, -0.2) is 4.72 Å². The van der Waals surface area contributed by atoms with E-state index in [9.17, 15) is 39.6 Å². The summed E-state index contributed by atoms with van der Waals surface area (Å²) in [4.78, 5) is 9.81. The third-order valence-electron chi connectivity index (χ3n) is 0.789. The topological polar surface area (TPSA) is 63.2 Å². The minimum atomic E-state index is -6.30. The van der Waals surface area contributed by atoms with Gasteiger partial charge in [0, 0.05) is 0 Å². The summed E-state index contributed by atoms with van der Waals surface area (Å²) >= 11 is 0. The number of rotatable bonds is 1. The fourth-order valence-electron chi connectivity index (χ4n) is 0.238. The Balaban J connectivity index is -0.000000845. The molecule has 0 aromatic carbocycles. The zero-order chi connectivity index (χ0) is 11.8. The van der Waals surface area contributed by atoms with Gasteiger partial charge in [-0.3, -0.25) is 4.79 Å². The molecule has 1 N–H and O–H groups in total. The van der Waals surface area contributed by atoms with Gasteiger partial charge in [0.25, 0.3) is 0 Å². The van der Waals surface area contributed by atoms with Crippen LogP contribution in [0.3, 0.4) is 0 Å². The number of alkyl halides is 6. The van der Waals surface area contributed by atoms with E-state index in [-0.39, 0.29) is 35.7 Å². The van der Waals surface area contributed by atoms with Gasteiger partial charge in [-0.05, 0) is 0 Å². The fourth-order valence-corrected chi connectivity index (χ4v) is 0.713. The standard InChI is InChI=1S/C3HF6NO3S.Na.H/c4-2(5,6)1(11)10-14(12,13)3(7,8)9;;/h(H,10,11);;/q;+1;-1. The summed E-state index contributed by atoms with van der Waals surface area (Å²) in [7, 11) is -6.30. The summed E-state index contributed by atoms with van der Waals surface area (Å²) in [6, 6.07) is 0. The van der Waals surface area contributed by atoms with E-state index in [0.717, 1.165) is 0 Å². The first-order valence-corrected chi connectivity index (χ1v) is 4.06. The van der Waals surface area contributed by atoms with Gasteiger partial charge in [0.1, 0.15) is 0 Å². The first-order chi connectivity index (χ1) is 5.88. The Labute approximate surface area is 103 Å². The second-order valence-electron chi connectivity index (χ2n) is 1.88. The van der Waals surface area contributed by atoms with Crippen LogP contribution in [0.15, 0.2) is 0 Å². The summed E-state index contributed by atoms with van der Waals surface area (Å²) < 4.78 is 87.9. The Morgan fingerprint density at radius 2 is 1.40 bits per heavy atom. The molecule has 86 valence electrons. The second-order valence-corrected chi connectivity index (χ2v) is 3.55. The normalized spacial score (nSPS) is 12.9. The van der Waals surface area contributed by atoms with Crippen LogP contribution < -0.4 is 34.3 Å². The Morgan fingerprint density at radius 1 is 1.07 bits per heavy atom. The van der Waals surface area contributed by atoms with Gasteiger partial charge >= 0.3 is 57.2 Å². The van der Waals surface area contributed by atoms with Gasteiger partial charge < -0.3 is 1.43 Å². The Bertz CT molecular complexity index is 336. The van der Waals surface area contributed by atoms with Crippen molar-refractivity contribution in [2.45, 2.75) is 11.7 Å². The number of halogens is 6. The maximum absolute atomic E-state index is 11.4. The molecule has 0 aromatic rings. The summed E-state index contributed by atoms with van der Waals surface area (Å²) in [5.41, 5.74) is -5.96. The number of sulfonamides is 1. The molecular formula is C3H2F6NNaO3S. The van der Waals surface area contributed by atoms with Gasteiger partial charge in [0.2, 0.25) is 0 Å². The molecule has 0 spiro atoms. The minimum Gasteiger partial charge on any atom is -1.00 e. The first-order valence-electron chi connectivity index (χ1n) is 2.58. The smallest absolute Gasteiger partial charge is 1.00 e. The predicted molar refractivity (Wildman–Crippen MR) is 30.3 cm³/mol. The second kappa shape index (κ2) is 4.89. The minimum absolute atomic E-state index is 0. The van der Waals surface area contributed by atoms with E-state index in [2.05, 4.69) is 0 Å². The van der Waals surface area contributed by atoms with Crippen molar-refractivity contribution in [2.24, 2.45) is 0 Å². The maximum atomic E-state index is 11.4. The van der Waals surface area contributed by atoms with Crippen LogP contribution in [-0.4, -0.2) is 26.0 Å². The fraction of sp³-hybridized carbons (Fsp3) is 0.667.